The van der Waals surface area contributed by atoms with Crippen LogP contribution in [0.15, 0.2) is 74.5 Å². The van der Waals surface area contributed by atoms with Gasteiger partial charge in [-0.15, -0.1) is 0 Å². The van der Waals surface area contributed by atoms with E-state index < -0.39 is 5.63 Å². The molecule has 0 saturated heterocycles. The van der Waals surface area contributed by atoms with Crippen LogP contribution in [0.4, 0.5) is 0 Å². The van der Waals surface area contributed by atoms with Crippen LogP contribution in [-0.2, 0) is 0 Å². The molecule has 0 aliphatic rings. The molecule has 0 spiro atoms. The van der Waals surface area contributed by atoms with Crippen molar-refractivity contribution in [1.29, 1.82) is 0 Å². The lowest BCUT2D eigenvalue weighted by Gasteiger charge is -2.10. The molecule has 35 heavy (non-hydrogen) atoms. The molecule has 174 valence electrons. The van der Waals surface area contributed by atoms with Gasteiger partial charge in [-0.05, 0) is 45.1 Å². The Balaban J connectivity index is 1.96. The lowest BCUT2D eigenvalue weighted by molar-refractivity contribution is 0.373. The quantitative estimate of drug-likeness (QED) is 0.263. The number of aromatic hydroxyl groups is 2. The number of fused-ring (bicyclic) bond motifs is 7. The van der Waals surface area contributed by atoms with Gasteiger partial charge >= 0.3 is 5.63 Å². The van der Waals surface area contributed by atoms with Gasteiger partial charge in [0.1, 0.15) is 11.1 Å². The zero-order valence-electron chi connectivity index (χ0n) is 18.6. The SMILES string of the molecule is COc1cc(-c2c3c4cc(OC)c(O)cc4oc(=O)c3n3cc(Br)c4ccccc4c23)ccc1O. The minimum Gasteiger partial charge on any atom is -0.504 e. The highest BCUT2D eigenvalue weighted by Crippen LogP contribution is 2.45. The van der Waals surface area contributed by atoms with E-state index in [4.69, 9.17) is 13.9 Å². The highest BCUT2D eigenvalue weighted by molar-refractivity contribution is 9.10. The summed E-state index contributed by atoms with van der Waals surface area (Å²) in [7, 11) is 2.95. The fourth-order valence-corrected chi connectivity index (χ4v) is 5.33. The number of methoxy groups -OCH3 is 2. The van der Waals surface area contributed by atoms with E-state index in [1.54, 1.807) is 24.3 Å². The van der Waals surface area contributed by atoms with Crippen LogP contribution in [0.5, 0.6) is 23.0 Å². The third-order valence-corrected chi connectivity index (χ3v) is 6.93. The normalized spacial score (nSPS) is 11.6. The fraction of sp³-hybridized carbons (Fsp3) is 0.0741. The molecule has 0 aliphatic carbocycles. The van der Waals surface area contributed by atoms with Gasteiger partial charge in [0.25, 0.3) is 0 Å². The third-order valence-electron chi connectivity index (χ3n) is 6.30. The summed E-state index contributed by atoms with van der Waals surface area (Å²) in [6.45, 7) is 0. The average molecular weight is 532 g/mol. The number of pyridine rings is 1. The molecule has 3 aromatic carbocycles. The summed E-state index contributed by atoms with van der Waals surface area (Å²) >= 11 is 3.65. The highest BCUT2D eigenvalue weighted by Gasteiger charge is 2.24. The van der Waals surface area contributed by atoms with Crippen molar-refractivity contribution in [1.82, 2.24) is 4.40 Å². The molecule has 3 aromatic heterocycles. The Hall–Kier alpha value is -4.17. The van der Waals surface area contributed by atoms with E-state index in [0.29, 0.717) is 22.0 Å². The molecule has 3 heterocycles. The summed E-state index contributed by atoms with van der Waals surface area (Å²) in [5.41, 5.74) is 2.30. The summed E-state index contributed by atoms with van der Waals surface area (Å²) in [5.74, 6) is 0.432. The molecule has 0 aliphatic heterocycles. The van der Waals surface area contributed by atoms with E-state index >= 15 is 0 Å². The number of phenols is 2. The summed E-state index contributed by atoms with van der Waals surface area (Å²) in [4.78, 5) is 13.4. The molecule has 0 unspecified atom stereocenters. The van der Waals surface area contributed by atoms with Crippen molar-refractivity contribution >= 4 is 54.1 Å². The van der Waals surface area contributed by atoms with E-state index in [9.17, 15) is 15.0 Å². The molecule has 8 heteroatoms. The van der Waals surface area contributed by atoms with Gasteiger partial charge in [-0.1, -0.05) is 30.3 Å². The molecule has 6 rings (SSSR count). The summed E-state index contributed by atoms with van der Waals surface area (Å²) in [5, 5.41) is 23.7. The molecule has 0 fully saturated rings. The Kier molecular flexibility index (Phi) is 4.69. The molecule has 6 aromatic rings. The average Bonchev–Trinajstić information content (AvgIpc) is 3.20. The summed E-state index contributed by atoms with van der Waals surface area (Å²) in [6, 6.07) is 16.0. The van der Waals surface area contributed by atoms with Gasteiger partial charge in [0, 0.05) is 38.5 Å². The van der Waals surface area contributed by atoms with Crippen LogP contribution in [0, 0.1) is 0 Å². The van der Waals surface area contributed by atoms with E-state index in [-0.39, 0.29) is 22.8 Å². The fourth-order valence-electron chi connectivity index (χ4n) is 4.78. The number of nitrogens with zero attached hydrogens (tertiary/aromatic N) is 1. The highest BCUT2D eigenvalue weighted by atomic mass is 79.9. The largest absolute Gasteiger partial charge is 0.504 e. The van der Waals surface area contributed by atoms with E-state index in [1.807, 2.05) is 34.9 Å². The zero-order chi connectivity index (χ0) is 24.4. The van der Waals surface area contributed by atoms with Crippen LogP contribution in [0.1, 0.15) is 0 Å². The predicted molar refractivity (Wildman–Crippen MR) is 138 cm³/mol. The monoisotopic (exact) mass is 531 g/mol. The van der Waals surface area contributed by atoms with Gasteiger partial charge in [-0.3, -0.25) is 0 Å². The molecule has 0 amide bonds. The topological polar surface area (TPSA) is 93.5 Å². The Morgan fingerprint density at radius 2 is 1.57 bits per heavy atom. The van der Waals surface area contributed by atoms with Gasteiger partial charge in [-0.25, -0.2) is 4.79 Å². The van der Waals surface area contributed by atoms with E-state index in [0.717, 1.165) is 31.9 Å². The number of halogens is 1. The van der Waals surface area contributed by atoms with Crippen LogP contribution in [0.2, 0.25) is 0 Å². The smallest absolute Gasteiger partial charge is 0.361 e. The first-order valence-electron chi connectivity index (χ1n) is 10.7. The predicted octanol–water partition coefficient (Wildman–Crippen LogP) is 6.21. The van der Waals surface area contributed by atoms with Crippen LogP contribution >= 0.6 is 15.9 Å². The van der Waals surface area contributed by atoms with Crippen LogP contribution < -0.4 is 15.1 Å². The van der Waals surface area contributed by atoms with Crippen LogP contribution in [-0.4, -0.2) is 28.8 Å². The Labute approximate surface area is 206 Å². The molecule has 0 atom stereocenters. The first kappa shape index (κ1) is 21.4. The maximum Gasteiger partial charge on any atom is 0.361 e. The van der Waals surface area contributed by atoms with Crippen molar-refractivity contribution in [2.75, 3.05) is 14.2 Å². The molecule has 2 N–H and O–H groups in total. The standard InChI is InChI=1S/C27H18BrNO6/c1-33-21-9-13(7-8-18(21)30)23-24-16-10-22(34-2)19(31)11-20(16)35-27(32)26(24)29-12-17(28)14-5-3-4-6-15(14)25(23)29/h3-12,30-31H,1-2H3. The van der Waals surface area contributed by atoms with Gasteiger partial charge < -0.3 is 28.5 Å². The second-order valence-electron chi connectivity index (χ2n) is 8.14. The van der Waals surface area contributed by atoms with Gasteiger partial charge in [0.05, 0.1) is 19.7 Å². The Bertz CT molecular complexity index is 1890. The van der Waals surface area contributed by atoms with Crippen molar-refractivity contribution in [3.63, 3.8) is 0 Å². The zero-order valence-corrected chi connectivity index (χ0v) is 20.2. The Morgan fingerprint density at radius 1 is 0.857 bits per heavy atom. The number of ether oxygens (including phenoxy) is 2. The number of aromatic nitrogens is 1. The molecular weight excluding hydrogens is 514 g/mol. The first-order chi connectivity index (χ1) is 16.9. The summed E-state index contributed by atoms with van der Waals surface area (Å²) in [6.07, 6.45) is 1.85. The van der Waals surface area contributed by atoms with E-state index in [2.05, 4.69) is 15.9 Å². The second kappa shape index (κ2) is 7.68. The lowest BCUT2D eigenvalue weighted by Crippen LogP contribution is -2.03. The van der Waals surface area contributed by atoms with Crippen molar-refractivity contribution in [3.05, 3.63) is 75.7 Å². The number of benzene rings is 3. The maximum absolute atomic E-state index is 13.4. The Morgan fingerprint density at radius 3 is 2.31 bits per heavy atom. The number of rotatable bonds is 3. The third kappa shape index (κ3) is 2.99. The van der Waals surface area contributed by atoms with Crippen molar-refractivity contribution in [2.45, 2.75) is 0 Å². The second-order valence-corrected chi connectivity index (χ2v) is 8.99. The van der Waals surface area contributed by atoms with Gasteiger partial charge in [0.15, 0.2) is 23.0 Å². The number of hydrogen-bond donors (Lipinski definition) is 2. The van der Waals surface area contributed by atoms with Gasteiger partial charge in [-0.2, -0.15) is 0 Å². The maximum atomic E-state index is 13.4. The molecule has 7 nitrogen and oxygen atoms in total. The lowest BCUT2D eigenvalue weighted by atomic mass is 9.98. The van der Waals surface area contributed by atoms with Crippen molar-refractivity contribution < 1.29 is 24.1 Å². The summed E-state index contributed by atoms with van der Waals surface area (Å²) < 4.78 is 19.0. The first-order valence-corrected chi connectivity index (χ1v) is 11.5. The molecular formula is C27H18BrNO6. The van der Waals surface area contributed by atoms with Crippen molar-refractivity contribution in [3.8, 4) is 34.1 Å². The number of phenolic OH excluding ortho intramolecular Hbond substituents is 2. The van der Waals surface area contributed by atoms with E-state index in [1.165, 1.54) is 20.3 Å². The van der Waals surface area contributed by atoms with Crippen LogP contribution in [0.25, 0.3) is 49.3 Å². The van der Waals surface area contributed by atoms with Crippen LogP contribution in [0.3, 0.4) is 0 Å². The van der Waals surface area contributed by atoms with Gasteiger partial charge in [0.2, 0.25) is 0 Å². The molecule has 0 bridgehead atoms. The number of hydrogen-bond acceptors (Lipinski definition) is 6. The van der Waals surface area contributed by atoms with Crippen molar-refractivity contribution in [2.24, 2.45) is 0 Å². The minimum atomic E-state index is -0.550. The molecule has 0 saturated carbocycles. The minimum absolute atomic E-state index is 0.00707. The molecule has 0 radical (unpaired) electrons.